The van der Waals surface area contributed by atoms with Gasteiger partial charge in [0.05, 0.1) is 23.8 Å². The highest BCUT2D eigenvalue weighted by Crippen LogP contribution is 2.22. The van der Waals surface area contributed by atoms with Gasteiger partial charge in [0.25, 0.3) is 5.91 Å². The second-order valence-electron chi connectivity index (χ2n) is 4.48. The number of carbonyl (C=O) groups excluding carboxylic acids is 1. The highest BCUT2D eigenvalue weighted by molar-refractivity contribution is 6.35. The number of para-hydroxylation sites is 2. The Morgan fingerprint density at radius 1 is 1.09 bits per heavy atom. The van der Waals surface area contributed by atoms with E-state index in [-0.39, 0.29) is 5.91 Å². The molecule has 1 N–H and O–H groups in total. The second kappa shape index (κ2) is 6.17. The number of amides is 1. The predicted molar refractivity (Wildman–Crippen MR) is 85.8 cm³/mol. The molecule has 0 fully saturated rings. The van der Waals surface area contributed by atoms with Gasteiger partial charge in [0.2, 0.25) is 0 Å². The van der Waals surface area contributed by atoms with Crippen molar-refractivity contribution in [1.29, 1.82) is 0 Å². The fraction of sp³-hybridized carbons (Fsp3) is 0. The normalized spacial score (nSPS) is 10.5. The molecule has 0 atom stereocenters. The third-order valence-corrected chi connectivity index (χ3v) is 3.38. The molecular weight excluding hydrogens is 323 g/mol. The van der Waals surface area contributed by atoms with Crippen LogP contribution in [0.2, 0.25) is 10.0 Å². The number of nitrogens with zero attached hydrogens (tertiary/aromatic N) is 3. The van der Waals surface area contributed by atoms with E-state index in [2.05, 4.69) is 15.6 Å². The molecule has 0 bridgehead atoms. The number of anilines is 1. The summed E-state index contributed by atoms with van der Waals surface area (Å²) in [5, 5.41) is 11.3. The molecule has 1 amide bonds. The van der Waals surface area contributed by atoms with Gasteiger partial charge in [0.1, 0.15) is 0 Å². The third-order valence-electron chi connectivity index (χ3n) is 2.95. The molecule has 2 aromatic carbocycles. The van der Waals surface area contributed by atoms with Crippen LogP contribution in [-0.4, -0.2) is 20.9 Å². The summed E-state index contributed by atoms with van der Waals surface area (Å²) >= 11 is 11.8. The predicted octanol–water partition coefficient (Wildman–Crippen LogP) is 3.83. The summed E-state index contributed by atoms with van der Waals surface area (Å²) in [5.74, 6) is -0.308. The molecule has 1 heterocycles. The zero-order valence-electron chi connectivity index (χ0n) is 11.2. The first-order valence-electron chi connectivity index (χ1n) is 6.36. The maximum absolute atomic E-state index is 12.4. The molecule has 3 rings (SSSR count). The van der Waals surface area contributed by atoms with E-state index < -0.39 is 0 Å². The minimum Gasteiger partial charge on any atom is -0.320 e. The standard InChI is InChI=1S/C15H10Cl2N4O/c16-11-7-10(8-12(17)9-11)15(22)19-13-3-1-2-4-14(13)21-6-5-18-20-21/h1-9H,(H,19,22). The summed E-state index contributed by atoms with van der Waals surface area (Å²) in [7, 11) is 0. The minimum atomic E-state index is -0.308. The Hall–Kier alpha value is -2.37. The van der Waals surface area contributed by atoms with E-state index in [1.54, 1.807) is 41.3 Å². The molecule has 7 heteroatoms. The largest absolute Gasteiger partial charge is 0.320 e. The molecule has 0 aliphatic heterocycles. The van der Waals surface area contributed by atoms with Crippen LogP contribution in [0, 0.1) is 0 Å². The van der Waals surface area contributed by atoms with Crippen molar-refractivity contribution in [3.8, 4) is 5.69 Å². The van der Waals surface area contributed by atoms with Crippen LogP contribution < -0.4 is 5.32 Å². The SMILES string of the molecule is O=C(Nc1ccccc1-n1ccnn1)c1cc(Cl)cc(Cl)c1. The third kappa shape index (κ3) is 3.10. The lowest BCUT2D eigenvalue weighted by atomic mass is 10.2. The van der Waals surface area contributed by atoms with E-state index in [4.69, 9.17) is 23.2 Å². The van der Waals surface area contributed by atoms with Gasteiger partial charge in [0.15, 0.2) is 0 Å². The van der Waals surface area contributed by atoms with Crippen molar-refractivity contribution in [3.05, 3.63) is 70.5 Å². The minimum absolute atomic E-state index is 0.308. The van der Waals surface area contributed by atoms with Crippen LogP contribution in [0.1, 0.15) is 10.4 Å². The van der Waals surface area contributed by atoms with Crippen molar-refractivity contribution in [3.63, 3.8) is 0 Å². The average molecular weight is 333 g/mol. The van der Waals surface area contributed by atoms with Crippen molar-refractivity contribution in [2.45, 2.75) is 0 Å². The van der Waals surface area contributed by atoms with E-state index in [9.17, 15) is 4.79 Å². The topological polar surface area (TPSA) is 59.8 Å². The molecule has 0 saturated carbocycles. The van der Waals surface area contributed by atoms with Gasteiger partial charge in [0, 0.05) is 15.6 Å². The molecule has 3 aromatic rings. The monoisotopic (exact) mass is 332 g/mol. The molecule has 5 nitrogen and oxygen atoms in total. The highest BCUT2D eigenvalue weighted by Gasteiger charge is 2.11. The van der Waals surface area contributed by atoms with Crippen LogP contribution in [0.4, 0.5) is 5.69 Å². The summed E-state index contributed by atoms with van der Waals surface area (Å²) in [6, 6.07) is 12.0. The fourth-order valence-electron chi connectivity index (χ4n) is 2.00. The number of nitrogens with one attached hydrogen (secondary N) is 1. The van der Waals surface area contributed by atoms with Crippen molar-refractivity contribution >= 4 is 34.8 Å². The van der Waals surface area contributed by atoms with Gasteiger partial charge in [-0.3, -0.25) is 4.79 Å². The number of rotatable bonds is 3. The Balaban J connectivity index is 1.92. The van der Waals surface area contributed by atoms with E-state index in [0.717, 1.165) is 0 Å². The molecular formula is C15H10Cl2N4O. The van der Waals surface area contributed by atoms with Gasteiger partial charge in [-0.05, 0) is 30.3 Å². The zero-order chi connectivity index (χ0) is 15.5. The van der Waals surface area contributed by atoms with Gasteiger partial charge < -0.3 is 5.32 Å². The molecule has 110 valence electrons. The van der Waals surface area contributed by atoms with Gasteiger partial charge in [-0.1, -0.05) is 40.5 Å². The highest BCUT2D eigenvalue weighted by atomic mass is 35.5. The Morgan fingerprint density at radius 2 is 1.82 bits per heavy atom. The number of hydrogen-bond donors (Lipinski definition) is 1. The van der Waals surface area contributed by atoms with Crippen molar-refractivity contribution in [2.75, 3.05) is 5.32 Å². The van der Waals surface area contributed by atoms with Gasteiger partial charge >= 0.3 is 0 Å². The summed E-state index contributed by atoms with van der Waals surface area (Å²) in [6.07, 6.45) is 3.26. The molecule has 0 aliphatic carbocycles. The number of aromatic nitrogens is 3. The quantitative estimate of drug-likeness (QED) is 0.792. The molecule has 0 radical (unpaired) electrons. The first kappa shape index (κ1) is 14.6. The van der Waals surface area contributed by atoms with Crippen LogP contribution in [0.15, 0.2) is 54.9 Å². The zero-order valence-corrected chi connectivity index (χ0v) is 12.7. The maximum atomic E-state index is 12.4. The first-order valence-corrected chi connectivity index (χ1v) is 7.12. The Bertz CT molecular complexity index is 798. The van der Waals surface area contributed by atoms with Crippen LogP contribution >= 0.6 is 23.2 Å². The average Bonchev–Trinajstić information content (AvgIpc) is 3.01. The molecule has 0 aliphatic rings. The molecule has 0 saturated heterocycles. The van der Waals surface area contributed by atoms with E-state index >= 15 is 0 Å². The summed E-state index contributed by atoms with van der Waals surface area (Å²) in [5.41, 5.74) is 1.70. The van der Waals surface area contributed by atoms with Gasteiger partial charge in [-0.15, -0.1) is 5.10 Å². The summed E-state index contributed by atoms with van der Waals surface area (Å²) < 4.78 is 1.57. The van der Waals surface area contributed by atoms with Crippen molar-refractivity contribution in [1.82, 2.24) is 15.0 Å². The lowest BCUT2D eigenvalue weighted by Gasteiger charge is -2.11. The smallest absolute Gasteiger partial charge is 0.255 e. The molecule has 1 aromatic heterocycles. The lowest BCUT2D eigenvalue weighted by molar-refractivity contribution is 0.102. The van der Waals surface area contributed by atoms with E-state index in [1.165, 1.54) is 0 Å². The van der Waals surface area contributed by atoms with Crippen LogP contribution in [0.5, 0.6) is 0 Å². The number of hydrogen-bond acceptors (Lipinski definition) is 3. The molecule has 22 heavy (non-hydrogen) atoms. The Morgan fingerprint density at radius 3 is 2.50 bits per heavy atom. The molecule has 0 unspecified atom stereocenters. The lowest BCUT2D eigenvalue weighted by Crippen LogP contribution is -2.14. The van der Waals surface area contributed by atoms with Crippen LogP contribution in [-0.2, 0) is 0 Å². The van der Waals surface area contributed by atoms with Crippen molar-refractivity contribution in [2.24, 2.45) is 0 Å². The van der Waals surface area contributed by atoms with Gasteiger partial charge in [-0.25, -0.2) is 4.68 Å². The second-order valence-corrected chi connectivity index (χ2v) is 5.35. The Labute approximate surface area is 136 Å². The number of benzene rings is 2. The van der Waals surface area contributed by atoms with E-state index in [1.807, 2.05) is 18.2 Å². The molecule has 0 spiro atoms. The summed E-state index contributed by atoms with van der Waals surface area (Å²) in [6.45, 7) is 0. The van der Waals surface area contributed by atoms with E-state index in [0.29, 0.717) is 27.0 Å². The number of halogens is 2. The Kier molecular flexibility index (Phi) is 4.09. The van der Waals surface area contributed by atoms with Crippen LogP contribution in [0.25, 0.3) is 5.69 Å². The number of carbonyl (C=O) groups is 1. The summed E-state index contributed by atoms with van der Waals surface area (Å²) in [4.78, 5) is 12.4. The van der Waals surface area contributed by atoms with Crippen molar-refractivity contribution < 1.29 is 4.79 Å². The first-order chi connectivity index (χ1) is 10.6. The maximum Gasteiger partial charge on any atom is 0.255 e. The fourth-order valence-corrected chi connectivity index (χ4v) is 2.52. The van der Waals surface area contributed by atoms with Gasteiger partial charge in [-0.2, -0.15) is 0 Å². The van der Waals surface area contributed by atoms with Crippen LogP contribution in [0.3, 0.4) is 0 Å².